The number of ether oxygens (including phenoxy) is 13. The molecule has 32 nitrogen and oxygen atoms in total. The molecule has 8 aliphatic heterocycles. The topological polar surface area (TPSA) is 504 Å². The van der Waals surface area contributed by atoms with E-state index < -0.39 is 198 Å². The Balaban J connectivity index is 0.000000186. The number of aliphatic hydroxyl groups is 19. The van der Waals surface area contributed by atoms with E-state index in [4.69, 9.17) is 61.6 Å². The Morgan fingerprint density at radius 2 is 0.767 bits per heavy atom. The molecule has 668 valence electrons. The average molecular weight is 1660 g/mol. The van der Waals surface area contributed by atoms with E-state index in [2.05, 4.69) is 48.5 Å². The summed E-state index contributed by atoms with van der Waals surface area (Å²) in [5.74, 6) is 4.04. The van der Waals surface area contributed by atoms with Crippen LogP contribution in [0.5, 0.6) is 0 Å². The van der Waals surface area contributed by atoms with Gasteiger partial charge >= 0.3 is 0 Å². The van der Waals surface area contributed by atoms with Crippen LogP contribution in [0.3, 0.4) is 0 Å². The summed E-state index contributed by atoms with van der Waals surface area (Å²) in [7, 11) is 0. The van der Waals surface area contributed by atoms with E-state index >= 15 is 0 Å². The van der Waals surface area contributed by atoms with Gasteiger partial charge in [0.2, 0.25) is 0 Å². The van der Waals surface area contributed by atoms with Crippen LogP contribution in [-0.2, 0) is 61.6 Å². The van der Waals surface area contributed by atoms with E-state index in [9.17, 15) is 97.0 Å². The molecule has 116 heavy (non-hydrogen) atoms. The maximum atomic E-state index is 12.1. The van der Waals surface area contributed by atoms with E-state index in [1.165, 1.54) is 25.7 Å². The minimum Gasteiger partial charge on any atom is -0.394 e. The van der Waals surface area contributed by atoms with E-state index in [0.29, 0.717) is 84.4 Å². The van der Waals surface area contributed by atoms with Crippen LogP contribution in [-0.4, -0.2) is 333 Å². The van der Waals surface area contributed by atoms with Gasteiger partial charge in [-0.15, -0.1) is 0 Å². The minimum absolute atomic E-state index is 0.00000712. The fraction of sp³-hybridized carbons (Fsp3) is 1.00. The summed E-state index contributed by atoms with van der Waals surface area (Å²) >= 11 is 0. The molecule has 8 aliphatic carbocycles. The third-order valence-corrected chi connectivity index (χ3v) is 34.2. The average Bonchev–Trinajstić information content (AvgIpc) is 1.52. The molecule has 0 aromatic rings. The molecule has 32 heteroatoms. The SMILES string of the molecule is C[C@@H](CC[C@@]1(O)O[C@H]2C[C@H]3[C@@H]4CC[C@@H]5C[C@@H](O[C@@H]6O[C@H](CO)[C@H](O)[C@H](O)[C@H]6O[C@@H]6O[C@H](CO)[C@@H](O)[C@H](O)[C@H]6O)CC[C@]5(C)[C@H]4CC[C@]3(C)[C@H]2[C@@H]1C)CO[C@@H]1O[C@H](CO)[C@@H](O)[C@H](O)[C@H]1O.C[C@H]1CC[C@@]2(OC1)O[C@H]1C[C@H]3[C@@H]4CC[C@@H]5C[C@@H](O[C@@H]6O[C@H](CO)[C@H](O)[C@H](O)[C@H]6O[C@@H]6O[C@H](CO)[C@@H](O)[C@H](O)[C@H]6O)CC[C@]5(C)[C@H]4CC[C@]3(C)[C@H]1[C@@H]2C. The van der Waals surface area contributed by atoms with Crippen LogP contribution < -0.4 is 0 Å². The number of aliphatic hydroxyl groups excluding tert-OH is 18. The third-order valence-electron chi connectivity index (χ3n) is 34.2. The smallest absolute Gasteiger partial charge is 0.187 e. The summed E-state index contributed by atoms with van der Waals surface area (Å²) in [5.41, 5.74) is 0.473. The monoisotopic (exact) mass is 1660 g/mol. The zero-order valence-corrected chi connectivity index (χ0v) is 68.7. The highest BCUT2D eigenvalue weighted by atomic mass is 16.8. The third kappa shape index (κ3) is 15.7. The second kappa shape index (κ2) is 34.8. The molecule has 0 radical (unpaired) electrons. The molecular weight excluding hydrogens is 1520 g/mol. The van der Waals surface area contributed by atoms with Gasteiger partial charge in [-0.1, -0.05) is 55.4 Å². The predicted octanol–water partition coefficient (Wildman–Crippen LogP) is -0.337. The molecule has 0 amide bonds. The van der Waals surface area contributed by atoms with Crippen LogP contribution in [0.2, 0.25) is 0 Å². The fourth-order valence-corrected chi connectivity index (χ4v) is 27.4. The molecule has 0 aromatic carbocycles. The van der Waals surface area contributed by atoms with Crippen molar-refractivity contribution in [3.05, 3.63) is 0 Å². The van der Waals surface area contributed by atoms with Gasteiger partial charge in [0.25, 0.3) is 0 Å². The van der Waals surface area contributed by atoms with Crippen molar-refractivity contribution < 1.29 is 159 Å². The number of hydrogen-bond acceptors (Lipinski definition) is 32. The largest absolute Gasteiger partial charge is 0.394 e. The van der Waals surface area contributed by atoms with Crippen molar-refractivity contribution in [2.45, 2.75) is 373 Å². The molecule has 0 aromatic heterocycles. The summed E-state index contributed by atoms with van der Waals surface area (Å²) in [6.07, 6.45) is -17.6. The second-order valence-corrected chi connectivity index (χ2v) is 40.2. The minimum atomic E-state index is -1.75. The number of fused-ring (bicyclic) bond motifs is 14. The Labute approximate surface area is 680 Å². The summed E-state index contributed by atoms with van der Waals surface area (Å²) in [6, 6.07) is 0. The first-order chi connectivity index (χ1) is 55.0. The van der Waals surface area contributed by atoms with Crippen molar-refractivity contribution in [1.29, 1.82) is 0 Å². The molecule has 0 unspecified atom stereocenters. The number of rotatable bonds is 19. The fourth-order valence-electron chi connectivity index (χ4n) is 27.4. The molecule has 8 saturated heterocycles. The summed E-state index contributed by atoms with van der Waals surface area (Å²) in [5, 5.41) is 198. The van der Waals surface area contributed by atoms with E-state index in [1.54, 1.807) is 0 Å². The molecule has 1 spiro atoms. The highest BCUT2D eigenvalue weighted by Crippen LogP contribution is 2.74. The highest BCUT2D eigenvalue weighted by Gasteiger charge is 2.72. The maximum absolute atomic E-state index is 12.1. The summed E-state index contributed by atoms with van der Waals surface area (Å²) in [6.45, 7) is 16.6. The first kappa shape index (κ1) is 89.5. The molecule has 16 aliphatic rings. The lowest BCUT2D eigenvalue weighted by Crippen LogP contribution is -2.65. The zero-order valence-electron chi connectivity index (χ0n) is 68.7. The van der Waals surface area contributed by atoms with Crippen molar-refractivity contribution >= 4 is 0 Å². The van der Waals surface area contributed by atoms with Gasteiger partial charge in [0.15, 0.2) is 43.0 Å². The molecule has 16 fully saturated rings. The lowest BCUT2D eigenvalue weighted by Gasteiger charge is -2.61. The maximum Gasteiger partial charge on any atom is 0.187 e. The molecule has 19 N–H and O–H groups in total. The summed E-state index contributed by atoms with van der Waals surface area (Å²) in [4.78, 5) is 0. The van der Waals surface area contributed by atoms with E-state index in [1.807, 2.05) is 6.92 Å². The molecule has 49 atom stereocenters. The van der Waals surface area contributed by atoms with Crippen LogP contribution in [0, 0.1) is 105 Å². The van der Waals surface area contributed by atoms with Gasteiger partial charge in [0.1, 0.15) is 122 Å². The van der Waals surface area contributed by atoms with Crippen LogP contribution >= 0.6 is 0 Å². The Morgan fingerprint density at radius 3 is 1.19 bits per heavy atom. The normalized spacial score (nSPS) is 57.1. The molecule has 8 heterocycles. The van der Waals surface area contributed by atoms with Crippen LogP contribution in [0.25, 0.3) is 0 Å². The first-order valence-corrected chi connectivity index (χ1v) is 44.2. The lowest BCUT2D eigenvalue weighted by molar-refractivity contribution is -0.373. The molecule has 0 bridgehead atoms. The first-order valence-electron chi connectivity index (χ1n) is 44.2. The van der Waals surface area contributed by atoms with Gasteiger partial charge in [-0.2, -0.15) is 0 Å². The molecule has 8 saturated carbocycles. The Bertz CT molecular complexity index is 3230. The zero-order chi connectivity index (χ0) is 83.1. The summed E-state index contributed by atoms with van der Waals surface area (Å²) < 4.78 is 79.5. The highest BCUT2D eigenvalue weighted by molar-refractivity contribution is 5.18. The lowest BCUT2D eigenvalue weighted by atomic mass is 9.44. The quantitative estimate of drug-likeness (QED) is 0.0736. The number of hydrogen-bond donors (Lipinski definition) is 19. The Morgan fingerprint density at radius 1 is 0.379 bits per heavy atom. The van der Waals surface area contributed by atoms with Crippen LogP contribution in [0.4, 0.5) is 0 Å². The molecule has 16 rings (SSSR count). The second-order valence-electron chi connectivity index (χ2n) is 40.2. The van der Waals surface area contributed by atoms with E-state index in [0.717, 1.165) is 90.1 Å². The van der Waals surface area contributed by atoms with E-state index in [-0.39, 0.29) is 70.4 Å². The Kier molecular flexibility index (Phi) is 26.9. The van der Waals surface area contributed by atoms with Crippen molar-refractivity contribution in [3.8, 4) is 0 Å². The Hall–Kier alpha value is -1.28. The predicted molar refractivity (Wildman–Crippen MR) is 402 cm³/mol. The van der Waals surface area contributed by atoms with Gasteiger partial charge in [0, 0.05) is 24.7 Å². The van der Waals surface area contributed by atoms with Crippen LogP contribution in [0.15, 0.2) is 0 Å². The van der Waals surface area contributed by atoms with Gasteiger partial charge in [-0.05, 0) is 208 Å². The molecular formula is C84H140O32. The van der Waals surface area contributed by atoms with Crippen molar-refractivity contribution in [2.24, 2.45) is 105 Å². The van der Waals surface area contributed by atoms with Crippen LogP contribution in [0.1, 0.15) is 184 Å². The van der Waals surface area contributed by atoms with Gasteiger partial charge in [-0.3, -0.25) is 0 Å². The van der Waals surface area contributed by atoms with Gasteiger partial charge in [0.05, 0.1) is 70.7 Å². The van der Waals surface area contributed by atoms with Crippen molar-refractivity contribution in [3.63, 3.8) is 0 Å². The standard InChI is InChI=1S/C45H76O19.C39H64O13/c1-19(18-58-40-37(55)34(52)31(49)27(15-46)60-40)7-12-45(57)20(2)30-26(64-45)14-25-23-6-5-21-13-22(8-10-43(21,3)24(23)9-11-44(25,30)4)59-42-39(36(54)33(51)29(17-48)62-42)63-41-38(56)35(53)32(50)28(16-47)61-41;1-18-7-12-39(47-17-18)19(2)28-25(52-39)14-24-22-6-5-20-13-21(8-10-37(20,3)23(22)9-11-38(24,28)4)48-36-34(32(45)30(43)27(16-41)50-36)51-35-33(46)31(44)29(42)26(15-40)49-35/h19-42,46-57H,5-18H2,1-4H3;18-36,40-46H,5-17H2,1-4H3/t19-,20-,21+,22-,23+,24-,25-,26-,27+,28+,29+,30-,31+,32+,33-,34-,35-,36-,37+,38+,39+,40+,41-,42+,43-,44-,45+;18-,19-,20+,21-,22+,23-,24-,25-,26+,27+,28-,29+,30-,31-,32-,33+,34+,35-,36+,37-,38-,39+/m00/s1. The van der Waals surface area contributed by atoms with Crippen molar-refractivity contribution in [2.75, 3.05) is 46.2 Å². The van der Waals surface area contributed by atoms with Gasteiger partial charge in [-0.25, -0.2) is 0 Å². The van der Waals surface area contributed by atoms with Gasteiger partial charge < -0.3 is 159 Å². The van der Waals surface area contributed by atoms with Crippen molar-refractivity contribution in [1.82, 2.24) is 0 Å².